The summed E-state index contributed by atoms with van der Waals surface area (Å²) in [7, 11) is 0. The Hall–Kier alpha value is -1.28. The first-order chi connectivity index (χ1) is 8.58. The molecule has 98 valence electrons. The van der Waals surface area contributed by atoms with E-state index in [0.717, 1.165) is 23.8 Å². The van der Waals surface area contributed by atoms with Crippen molar-refractivity contribution in [3.05, 3.63) is 35.6 Å². The lowest BCUT2D eigenvalue weighted by atomic mass is 10.0. The first-order valence-electron chi connectivity index (χ1n) is 6.78. The van der Waals surface area contributed by atoms with E-state index in [1.54, 1.807) is 0 Å². The van der Waals surface area contributed by atoms with E-state index < -0.39 is 0 Å². The largest absolute Gasteiger partial charge is 0.461 e. The molecule has 1 N–H and O–H groups in total. The minimum Gasteiger partial charge on any atom is -0.461 e. The summed E-state index contributed by atoms with van der Waals surface area (Å²) >= 11 is 0. The third-order valence-electron chi connectivity index (χ3n) is 3.35. The van der Waals surface area contributed by atoms with E-state index >= 15 is 0 Å². The number of hydrogen-bond acceptors (Lipinski definition) is 2. The normalized spacial score (nSPS) is 13.4. The first-order valence-corrected chi connectivity index (χ1v) is 6.78. The molecule has 2 nitrogen and oxygen atoms in total. The van der Waals surface area contributed by atoms with E-state index in [9.17, 15) is 0 Å². The Balaban J connectivity index is 2.09. The molecule has 1 atom stereocenters. The molecule has 0 aliphatic heterocycles. The van der Waals surface area contributed by atoms with Gasteiger partial charge in [-0.3, -0.25) is 0 Å². The molecule has 0 amide bonds. The Bertz CT molecular complexity index is 513. The molecule has 0 aliphatic carbocycles. The average molecular weight is 245 g/mol. The van der Waals surface area contributed by atoms with Gasteiger partial charge in [0.05, 0.1) is 0 Å². The SMILES string of the molecule is Cc1oc2ccccc2c1CNC(C)CC(C)C. The van der Waals surface area contributed by atoms with Gasteiger partial charge in [-0.2, -0.15) is 0 Å². The van der Waals surface area contributed by atoms with Crippen LogP contribution in [0.3, 0.4) is 0 Å². The van der Waals surface area contributed by atoms with Crippen LogP contribution >= 0.6 is 0 Å². The molecule has 1 heterocycles. The van der Waals surface area contributed by atoms with Gasteiger partial charge >= 0.3 is 0 Å². The highest BCUT2D eigenvalue weighted by Crippen LogP contribution is 2.25. The Morgan fingerprint density at radius 1 is 1.17 bits per heavy atom. The molecule has 1 aromatic carbocycles. The molecule has 2 aromatic rings. The maximum atomic E-state index is 5.77. The van der Waals surface area contributed by atoms with Crippen LogP contribution in [-0.2, 0) is 6.54 Å². The molecule has 0 saturated carbocycles. The van der Waals surface area contributed by atoms with Gasteiger partial charge < -0.3 is 9.73 Å². The van der Waals surface area contributed by atoms with E-state index in [1.807, 2.05) is 19.1 Å². The second-order valence-corrected chi connectivity index (χ2v) is 5.54. The lowest BCUT2D eigenvalue weighted by Gasteiger charge is -2.15. The maximum Gasteiger partial charge on any atom is 0.134 e. The average Bonchev–Trinajstić information content (AvgIpc) is 2.61. The van der Waals surface area contributed by atoms with Crippen LogP contribution in [0.4, 0.5) is 0 Å². The zero-order chi connectivity index (χ0) is 13.1. The van der Waals surface area contributed by atoms with Crippen LogP contribution in [0.25, 0.3) is 11.0 Å². The highest BCUT2D eigenvalue weighted by molar-refractivity contribution is 5.82. The predicted octanol–water partition coefficient (Wildman–Crippen LogP) is 4.27. The molecule has 1 unspecified atom stereocenters. The summed E-state index contributed by atoms with van der Waals surface area (Å²) in [5.74, 6) is 1.76. The molecule has 0 spiro atoms. The fourth-order valence-corrected chi connectivity index (χ4v) is 2.51. The minimum atomic E-state index is 0.540. The fourth-order valence-electron chi connectivity index (χ4n) is 2.51. The Morgan fingerprint density at radius 3 is 2.61 bits per heavy atom. The van der Waals surface area contributed by atoms with E-state index in [0.29, 0.717) is 6.04 Å². The van der Waals surface area contributed by atoms with Gasteiger partial charge in [-0.15, -0.1) is 0 Å². The lowest BCUT2D eigenvalue weighted by molar-refractivity contribution is 0.439. The van der Waals surface area contributed by atoms with Crippen molar-refractivity contribution < 1.29 is 4.42 Å². The van der Waals surface area contributed by atoms with E-state index in [2.05, 4.69) is 38.2 Å². The van der Waals surface area contributed by atoms with Gasteiger partial charge in [-0.1, -0.05) is 32.0 Å². The maximum absolute atomic E-state index is 5.77. The van der Waals surface area contributed by atoms with Gasteiger partial charge in [0.1, 0.15) is 11.3 Å². The predicted molar refractivity (Wildman–Crippen MR) is 76.7 cm³/mol. The van der Waals surface area contributed by atoms with Crippen molar-refractivity contribution in [2.45, 2.75) is 46.7 Å². The molecule has 0 saturated heterocycles. The molecule has 0 aliphatic rings. The van der Waals surface area contributed by atoms with Gasteiger partial charge in [0.2, 0.25) is 0 Å². The summed E-state index contributed by atoms with van der Waals surface area (Å²) < 4.78 is 5.77. The molecule has 0 bridgehead atoms. The van der Waals surface area contributed by atoms with Crippen LogP contribution in [-0.4, -0.2) is 6.04 Å². The third-order valence-corrected chi connectivity index (χ3v) is 3.35. The Kier molecular flexibility index (Phi) is 4.07. The van der Waals surface area contributed by atoms with Crippen molar-refractivity contribution in [3.63, 3.8) is 0 Å². The van der Waals surface area contributed by atoms with Gasteiger partial charge in [0.15, 0.2) is 0 Å². The molecular formula is C16H23NO. The summed E-state index contributed by atoms with van der Waals surface area (Å²) in [6.07, 6.45) is 1.20. The first kappa shape index (κ1) is 13.2. The van der Waals surface area contributed by atoms with Crippen LogP contribution in [0.15, 0.2) is 28.7 Å². The van der Waals surface area contributed by atoms with E-state index in [1.165, 1.54) is 17.4 Å². The van der Waals surface area contributed by atoms with Crippen LogP contribution in [0, 0.1) is 12.8 Å². The number of hydrogen-bond donors (Lipinski definition) is 1. The molecular weight excluding hydrogens is 222 g/mol. The molecule has 0 radical (unpaired) electrons. The second kappa shape index (κ2) is 5.57. The van der Waals surface area contributed by atoms with E-state index in [-0.39, 0.29) is 0 Å². The molecule has 2 heteroatoms. The van der Waals surface area contributed by atoms with Crippen molar-refractivity contribution in [3.8, 4) is 0 Å². The van der Waals surface area contributed by atoms with Crippen molar-refractivity contribution in [1.29, 1.82) is 0 Å². The van der Waals surface area contributed by atoms with Crippen LogP contribution in [0.1, 0.15) is 38.5 Å². The monoisotopic (exact) mass is 245 g/mol. The van der Waals surface area contributed by atoms with Crippen LogP contribution < -0.4 is 5.32 Å². The fraction of sp³-hybridized carbons (Fsp3) is 0.500. The van der Waals surface area contributed by atoms with Crippen molar-refractivity contribution >= 4 is 11.0 Å². The van der Waals surface area contributed by atoms with Crippen LogP contribution in [0.2, 0.25) is 0 Å². The summed E-state index contributed by atoms with van der Waals surface area (Å²) in [6.45, 7) is 9.70. The standard InChI is InChI=1S/C16H23NO/c1-11(2)9-12(3)17-10-15-13(4)18-16-8-6-5-7-14(15)16/h5-8,11-12,17H,9-10H2,1-4H3. The zero-order valence-electron chi connectivity index (χ0n) is 11.8. The highest BCUT2D eigenvalue weighted by atomic mass is 16.3. The number of para-hydroxylation sites is 1. The van der Waals surface area contributed by atoms with E-state index in [4.69, 9.17) is 4.42 Å². The van der Waals surface area contributed by atoms with Crippen molar-refractivity contribution in [1.82, 2.24) is 5.32 Å². The Morgan fingerprint density at radius 2 is 1.89 bits per heavy atom. The quantitative estimate of drug-likeness (QED) is 0.851. The second-order valence-electron chi connectivity index (χ2n) is 5.54. The highest BCUT2D eigenvalue weighted by Gasteiger charge is 2.11. The topological polar surface area (TPSA) is 25.2 Å². The molecule has 0 fully saturated rings. The van der Waals surface area contributed by atoms with Gasteiger partial charge in [-0.25, -0.2) is 0 Å². The molecule has 1 aromatic heterocycles. The zero-order valence-corrected chi connectivity index (χ0v) is 11.8. The smallest absolute Gasteiger partial charge is 0.134 e. The summed E-state index contributed by atoms with van der Waals surface area (Å²) in [5.41, 5.74) is 2.28. The summed E-state index contributed by atoms with van der Waals surface area (Å²) in [5, 5.41) is 4.82. The number of benzene rings is 1. The number of fused-ring (bicyclic) bond motifs is 1. The number of nitrogens with one attached hydrogen (secondary N) is 1. The number of furan rings is 1. The molecule has 2 rings (SSSR count). The van der Waals surface area contributed by atoms with Crippen LogP contribution in [0.5, 0.6) is 0 Å². The lowest BCUT2D eigenvalue weighted by Crippen LogP contribution is -2.26. The summed E-state index contributed by atoms with van der Waals surface area (Å²) in [6, 6.07) is 8.79. The van der Waals surface area contributed by atoms with Gasteiger partial charge in [0.25, 0.3) is 0 Å². The molecule has 18 heavy (non-hydrogen) atoms. The minimum absolute atomic E-state index is 0.540. The number of rotatable bonds is 5. The van der Waals surface area contributed by atoms with Crippen molar-refractivity contribution in [2.24, 2.45) is 5.92 Å². The Labute approximate surface area is 109 Å². The van der Waals surface area contributed by atoms with Gasteiger partial charge in [-0.05, 0) is 32.3 Å². The number of aryl methyl sites for hydroxylation is 1. The van der Waals surface area contributed by atoms with Gasteiger partial charge in [0, 0.05) is 23.5 Å². The van der Waals surface area contributed by atoms with Crippen molar-refractivity contribution in [2.75, 3.05) is 0 Å². The summed E-state index contributed by atoms with van der Waals surface area (Å²) in [4.78, 5) is 0. The third kappa shape index (κ3) is 2.94.